The third kappa shape index (κ3) is 3.63. The Labute approximate surface area is 110 Å². The van der Waals surface area contributed by atoms with Gasteiger partial charge in [-0.25, -0.2) is 8.78 Å². The van der Waals surface area contributed by atoms with E-state index >= 15 is 0 Å². The van der Waals surface area contributed by atoms with Gasteiger partial charge in [-0.3, -0.25) is 9.59 Å². The molecule has 4 nitrogen and oxygen atoms in total. The van der Waals surface area contributed by atoms with Crippen molar-refractivity contribution >= 4 is 21.9 Å². The summed E-state index contributed by atoms with van der Waals surface area (Å²) in [4.78, 5) is 25.4. The van der Waals surface area contributed by atoms with Crippen LogP contribution in [0.15, 0.2) is 10.9 Å². The van der Waals surface area contributed by atoms with Crippen LogP contribution in [0.25, 0.3) is 0 Å². The Kier molecular flexibility index (Phi) is 5.46. The van der Waals surface area contributed by atoms with Crippen molar-refractivity contribution in [1.82, 2.24) is 4.98 Å². The van der Waals surface area contributed by atoms with Crippen LogP contribution in [0, 0.1) is 0 Å². The predicted octanol–water partition coefficient (Wildman–Crippen LogP) is 2.31. The van der Waals surface area contributed by atoms with Gasteiger partial charge in [-0.05, 0) is 6.92 Å². The SMILES string of the molecule is CCOC(=O)Cc1c(C(F)F)[nH]c(CBr)cc1=O. The Morgan fingerprint density at radius 3 is 2.72 bits per heavy atom. The van der Waals surface area contributed by atoms with Gasteiger partial charge in [0.1, 0.15) is 0 Å². The van der Waals surface area contributed by atoms with E-state index in [2.05, 4.69) is 25.7 Å². The maximum absolute atomic E-state index is 12.8. The molecular formula is C11H12BrF2NO3. The van der Waals surface area contributed by atoms with Crippen molar-refractivity contribution < 1.29 is 18.3 Å². The average molecular weight is 324 g/mol. The van der Waals surface area contributed by atoms with Gasteiger partial charge in [-0.1, -0.05) is 15.9 Å². The van der Waals surface area contributed by atoms with Crippen LogP contribution in [-0.4, -0.2) is 17.6 Å². The lowest BCUT2D eigenvalue weighted by molar-refractivity contribution is -0.142. The monoisotopic (exact) mass is 323 g/mol. The van der Waals surface area contributed by atoms with Crippen LogP contribution in [-0.2, 0) is 21.3 Å². The lowest BCUT2D eigenvalue weighted by Crippen LogP contribution is -2.20. The zero-order valence-electron chi connectivity index (χ0n) is 9.63. The molecule has 1 heterocycles. The Hall–Kier alpha value is -1.24. The largest absolute Gasteiger partial charge is 0.466 e. The summed E-state index contributed by atoms with van der Waals surface area (Å²) in [7, 11) is 0. The van der Waals surface area contributed by atoms with Gasteiger partial charge in [-0.15, -0.1) is 0 Å². The lowest BCUT2D eigenvalue weighted by atomic mass is 10.1. The highest BCUT2D eigenvalue weighted by molar-refractivity contribution is 9.08. The van der Waals surface area contributed by atoms with Crippen LogP contribution in [0.5, 0.6) is 0 Å². The van der Waals surface area contributed by atoms with E-state index < -0.39 is 29.9 Å². The second-order valence-corrected chi connectivity index (χ2v) is 4.03. The Balaban J connectivity index is 3.16. The molecule has 0 atom stereocenters. The van der Waals surface area contributed by atoms with Gasteiger partial charge in [0.25, 0.3) is 6.43 Å². The molecule has 0 radical (unpaired) electrons. The smallest absolute Gasteiger partial charge is 0.310 e. The molecule has 0 aliphatic carbocycles. The van der Waals surface area contributed by atoms with E-state index in [1.54, 1.807) is 6.92 Å². The molecule has 0 aromatic carbocycles. The fraction of sp³-hybridized carbons (Fsp3) is 0.455. The molecule has 18 heavy (non-hydrogen) atoms. The number of esters is 1. The molecule has 1 aromatic heterocycles. The number of hydrogen-bond acceptors (Lipinski definition) is 3. The number of H-pyrrole nitrogens is 1. The van der Waals surface area contributed by atoms with Gasteiger partial charge < -0.3 is 9.72 Å². The summed E-state index contributed by atoms with van der Waals surface area (Å²) in [5, 5.41) is 0.252. The first-order valence-corrected chi connectivity index (χ1v) is 6.36. The molecule has 0 aliphatic rings. The molecule has 0 aliphatic heterocycles. The molecule has 0 saturated carbocycles. The molecule has 1 rings (SSSR count). The summed E-state index contributed by atoms with van der Waals surface area (Å²) in [6.07, 6.45) is -3.30. The van der Waals surface area contributed by atoms with E-state index in [1.807, 2.05) is 0 Å². The molecule has 0 fully saturated rings. The first-order valence-electron chi connectivity index (χ1n) is 5.24. The third-order valence-corrected chi connectivity index (χ3v) is 2.82. The molecule has 0 amide bonds. The van der Waals surface area contributed by atoms with Crippen LogP contribution < -0.4 is 5.43 Å². The summed E-state index contributed by atoms with van der Waals surface area (Å²) in [5.74, 6) is -0.698. The number of rotatable bonds is 5. The summed E-state index contributed by atoms with van der Waals surface area (Å²) < 4.78 is 30.3. The van der Waals surface area contributed by atoms with Crippen LogP contribution in [0.2, 0.25) is 0 Å². The molecule has 0 spiro atoms. The fourth-order valence-corrected chi connectivity index (χ4v) is 1.76. The second-order valence-electron chi connectivity index (χ2n) is 3.47. The summed E-state index contributed by atoms with van der Waals surface area (Å²) in [6, 6.07) is 1.19. The molecule has 7 heteroatoms. The number of carbonyl (C=O) groups is 1. The number of hydrogen-bond donors (Lipinski definition) is 1. The number of pyridine rings is 1. The zero-order chi connectivity index (χ0) is 13.7. The maximum atomic E-state index is 12.8. The topological polar surface area (TPSA) is 59.2 Å². The number of ether oxygens (including phenoxy) is 1. The maximum Gasteiger partial charge on any atom is 0.310 e. The fourth-order valence-electron chi connectivity index (χ4n) is 1.46. The molecule has 1 aromatic rings. The zero-order valence-corrected chi connectivity index (χ0v) is 11.2. The van der Waals surface area contributed by atoms with Crippen molar-refractivity contribution in [2.24, 2.45) is 0 Å². The number of alkyl halides is 3. The van der Waals surface area contributed by atoms with Crippen molar-refractivity contribution in [1.29, 1.82) is 0 Å². The molecule has 100 valence electrons. The van der Waals surface area contributed by atoms with Crippen LogP contribution in [0.3, 0.4) is 0 Å². The standard InChI is InChI=1S/C11H12BrF2NO3/c1-2-18-9(17)4-7-8(16)3-6(5-12)15-10(7)11(13)14/h3,11H,2,4-5H2,1H3,(H,15,16). The number of halogens is 3. The molecule has 0 bridgehead atoms. The summed E-state index contributed by atoms with van der Waals surface area (Å²) in [6.45, 7) is 1.74. The van der Waals surface area contributed by atoms with E-state index in [9.17, 15) is 18.4 Å². The number of nitrogens with one attached hydrogen (secondary N) is 1. The minimum Gasteiger partial charge on any atom is -0.466 e. The van der Waals surface area contributed by atoms with E-state index in [1.165, 1.54) is 6.07 Å². The van der Waals surface area contributed by atoms with Crippen LogP contribution in [0.4, 0.5) is 8.78 Å². The number of aromatic amines is 1. The summed E-state index contributed by atoms with van der Waals surface area (Å²) >= 11 is 3.07. The van der Waals surface area contributed by atoms with Crippen LogP contribution >= 0.6 is 15.9 Å². The highest BCUT2D eigenvalue weighted by Gasteiger charge is 2.20. The highest BCUT2D eigenvalue weighted by atomic mass is 79.9. The van der Waals surface area contributed by atoms with Gasteiger partial charge in [0.2, 0.25) is 0 Å². The molecular weight excluding hydrogens is 312 g/mol. The lowest BCUT2D eigenvalue weighted by Gasteiger charge is -2.09. The first kappa shape index (κ1) is 14.8. The quantitative estimate of drug-likeness (QED) is 0.668. The molecule has 0 unspecified atom stereocenters. The van der Waals surface area contributed by atoms with E-state index in [4.69, 9.17) is 0 Å². The van der Waals surface area contributed by atoms with Crippen molar-refractivity contribution in [3.8, 4) is 0 Å². The van der Waals surface area contributed by atoms with Gasteiger partial charge in [0, 0.05) is 22.7 Å². The van der Waals surface area contributed by atoms with E-state index in [0.717, 1.165) is 0 Å². The van der Waals surface area contributed by atoms with Gasteiger partial charge in [0.15, 0.2) is 5.43 Å². The minimum atomic E-state index is -2.85. The number of aromatic nitrogens is 1. The number of carbonyl (C=O) groups excluding carboxylic acids is 1. The van der Waals surface area contributed by atoms with Gasteiger partial charge in [-0.2, -0.15) is 0 Å². The van der Waals surface area contributed by atoms with Crippen molar-refractivity contribution in [2.75, 3.05) is 6.61 Å². The van der Waals surface area contributed by atoms with Crippen molar-refractivity contribution in [3.63, 3.8) is 0 Å². The minimum absolute atomic E-state index is 0.139. The molecule has 0 saturated heterocycles. The predicted molar refractivity (Wildman–Crippen MR) is 65.0 cm³/mol. The highest BCUT2D eigenvalue weighted by Crippen LogP contribution is 2.20. The normalized spacial score (nSPS) is 10.7. The van der Waals surface area contributed by atoms with Crippen molar-refractivity contribution in [2.45, 2.75) is 25.1 Å². The van der Waals surface area contributed by atoms with Crippen molar-refractivity contribution in [3.05, 3.63) is 33.2 Å². The third-order valence-electron chi connectivity index (χ3n) is 2.21. The van der Waals surface area contributed by atoms with E-state index in [-0.39, 0.29) is 17.5 Å². The summed E-state index contributed by atoms with van der Waals surface area (Å²) in [5.41, 5.74) is -1.02. The van der Waals surface area contributed by atoms with Gasteiger partial charge in [0.05, 0.1) is 18.7 Å². The first-order chi connectivity index (χ1) is 8.49. The Bertz CT molecular complexity index is 488. The van der Waals surface area contributed by atoms with E-state index in [0.29, 0.717) is 5.69 Å². The Morgan fingerprint density at radius 2 is 2.22 bits per heavy atom. The second kappa shape index (κ2) is 6.63. The average Bonchev–Trinajstić information content (AvgIpc) is 2.31. The molecule has 1 N–H and O–H groups in total. The van der Waals surface area contributed by atoms with Crippen LogP contribution in [0.1, 0.15) is 30.3 Å². The Morgan fingerprint density at radius 1 is 1.56 bits per heavy atom. The van der Waals surface area contributed by atoms with Gasteiger partial charge >= 0.3 is 5.97 Å².